The molecule has 4 nitrogen and oxygen atoms in total. The van der Waals surface area contributed by atoms with Crippen LogP contribution in [0.1, 0.15) is 41.0 Å². The first kappa shape index (κ1) is 16.1. The molecule has 2 N–H and O–H groups in total. The standard InChI is InChI=1S/C13H26N2O2/c1-8(2)7-11(10(5)16)15(6)13(17)12(14)9(3)4/h8-9,11-12H,7,14H2,1-6H3/t11-,12-/m0/s1. The van der Waals surface area contributed by atoms with E-state index in [2.05, 4.69) is 0 Å². The van der Waals surface area contributed by atoms with Gasteiger partial charge >= 0.3 is 0 Å². The summed E-state index contributed by atoms with van der Waals surface area (Å²) in [6, 6.07) is -0.888. The van der Waals surface area contributed by atoms with Gasteiger partial charge < -0.3 is 10.6 Å². The molecule has 0 aromatic rings. The summed E-state index contributed by atoms with van der Waals surface area (Å²) < 4.78 is 0. The van der Waals surface area contributed by atoms with Crippen molar-refractivity contribution < 1.29 is 9.59 Å². The average Bonchev–Trinajstić information content (AvgIpc) is 2.21. The van der Waals surface area contributed by atoms with E-state index in [0.717, 1.165) is 0 Å². The van der Waals surface area contributed by atoms with Gasteiger partial charge in [-0.15, -0.1) is 0 Å². The van der Waals surface area contributed by atoms with E-state index in [0.29, 0.717) is 12.3 Å². The second kappa shape index (κ2) is 6.74. The molecule has 0 unspecified atom stereocenters. The van der Waals surface area contributed by atoms with Crippen LogP contribution in [-0.4, -0.2) is 35.7 Å². The summed E-state index contributed by atoms with van der Waals surface area (Å²) in [6.07, 6.45) is 0.683. The molecule has 0 aromatic carbocycles. The van der Waals surface area contributed by atoms with E-state index in [4.69, 9.17) is 5.73 Å². The van der Waals surface area contributed by atoms with Crippen LogP contribution in [0.25, 0.3) is 0 Å². The summed E-state index contributed by atoms with van der Waals surface area (Å²) in [5, 5.41) is 0. The molecule has 4 heteroatoms. The Morgan fingerprint density at radius 2 is 1.65 bits per heavy atom. The molecular formula is C13H26N2O2. The first-order valence-corrected chi connectivity index (χ1v) is 6.21. The first-order valence-electron chi connectivity index (χ1n) is 6.21. The van der Waals surface area contributed by atoms with Crippen LogP contribution in [0, 0.1) is 11.8 Å². The quantitative estimate of drug-likeness (QED) is 0.766. The van der Waals surface area contributed by atoms with Crippen molar-refractivity contribution in [2.75, 3.05) is 7.05 Å². The lowest BCUT2D eigenvalue weighted by Gasteiger charge is -2.30. The molecule has 2 atom stereocenters. The molecule has 100 valence electrons. The minimum absolute atomic E-state index is 0.0190. The fourth-order valence-corrected chi connectivity index (χ4v) is 1.72. The number of carbonyl (C=O) groups excluding carboxylic acids is 2. The molecule has 0 aliphatic heterocycles. The highest BCUT2D eigenvalue weighted by Gasteiger charge is 2.29. The number of hydrogen-bond acceptors (Lipinski definition) is 3. The number of carbonyl (C=O) groups is 2. The van der Waals surface area contributed by atoms with Crippen LogP contribution in [0.2, 0.25) is 0 Å². The summed E-state index contributed by atoms with van der Waals surface area (Å²) in [7, 11) is 1.67. The fraction of sp³-hybridized carbons (Fsp3) is 0.846. The van der Waals surface area contributed by atoms with Gasteiger partial charge in [0.2, 0.25) is 5.91 Å². The third-order valence-electron chi connectivity index (χ3n) is 2.98. The van der Waals surface area contributed by atoms with Gasteiger partial charge in [0, 0.05) is 7.05 Å². The number of amides is 1. The van der Waals surface area contributed by atoms with E-state index in [1.807, 2.05) is 27.7 Å². The molecule has 0 fully saturated rings. The smallest absolute Gasteiger partial charge is 0.240 e. The largest absolute Gasteiger partial charge is 0.334 e. The minimum Gasteiger partial charge on any atom is -0.334 e. The second-order valence-corrected chi connectivity index (χ2v) is 5.47. The van der Waals surface area contributed by atoms with Gasteiger partial charge in [-0.2, -0.15) is 0 Å². The molecule has 17 heavy (non-hydrogen) atoms. The number of Topliss-reactive ketones (excluding diaryl/α,β-unsaturated/α-hetero) is 1. The maximum absolute atomic E-state index is 12.1. The third-order valence-corrected chi connectivity index (χ3v) is 2.98. The molecular weight excluding hydrogens is 216 g/mol. The van der Waals surface area contributed by atoms with Crippen molar-refractivity contribution in [3.05, 3.63) is 0 Å². The Balaban J connectivity index is 4.78. The summed E-state index contributed by atoms with van der Waals surface area (Å²) >= 11 is 0. The number of rotatable bonds is 6. The summed E-state index contributed by atoms with van der Waals surface area (Å²) in [6.45, 7) is 9.41. The maximum Gasteiger partial charge on any atom is 0.240 e. The first-order chi connectivity index (χ1) is 7.68. The minimum atomic E-state index is -0.533. The van der Waals surface area contributed by atoms with Crippen molar-refractivity contribution in [2.24, 2.45) is 17.6 Å². The highest BCUT2D eigenvalue weighted by atomic mass is 16.2. The number of hydrogen-bond donors (Lipinski definition) is 1. The van der Waals surface area contributed by atoms with E-state index in [1.165, 1.54) is 11.8 Å². The number of nitrogens with two attached hydrogens (primary N) is 1. The predicted molar refractivity (Wildman–Crippen MR) is 69.5 cm³/mol. The van der Waals surface area contributed by atoms with Crippen molar-refractivity contribution in [1.82, 2.24) is 4.90 Å². The van der Waals surface area contributed by atoms with Crippen LogP contribution in [0.5, 0.6) is 0 Å². The Morgan fingerprint density at radius 3 is 1.94 bits per heavy atom. The summed E-state index contributed by atoms with van der Waals surface area (Å²) in [5.41, 5.74) is 5.83. The van der Waals surface area contributed by atoms with Gasteiger partial charge in [-0.1, -0.05) is 27.7 Å². The molecule has 0 saturated carbocycles. The topological polar surface area (TPSA) is 63.4 Å². The monoisotopic (exact) mass is 242 g/mol. The van der Waals surface area contributed by atoms with Crippen molar-refractivity contribution in [1.29, 1.82) is 0 Å². The van der Waals surface area contributed by atoms with Gasteiger partial charge in [0.1, 0.15) is 0 Å². The van der Waals surface area contributed by atoms with Crippen LogP contribution in [0.3, 0.4) is 0 Å². The molecule has 0 heterocycles. The molecule has 0 aliphatic carbocycles. The normalized spacial score (nSPS) is 14.9. The van der Waals surface area contributed by atoms with E-state index in [1.54, 1.807) is 7.05 Å². The summed E-state index contributed by atoms with van der Waals surface area (Å²) in [4.78, 5) is 25.2. The number of likely N-dealkylation sites (N-methyl/N-ethyl adjacent to an activating group) is 1. The van der Waals surface area contributed by atoms with Crippen molar-refractivity contribution in [2.45, 2.75) is 53.1 Å². The van der Waals surface area contributed by atoms with Gasteiger partial charge in [0.25, 0.3) is 0 Å². The molecule has 1 amide bonds. The van der Waals surface area contributed by atoms with Gasteiger partial charge in [0.05, 0.1) is 12.1 Å². The van der Waals surface area contributed by atoms with Crippen LogP contribution in [-0.2, 0) is 9.59 Å². The lowest BCUT2D eigenvalue weighted by Crippen LogP contribution is -2.51. The van der Waals surface area contributed by atoms with Gasteiger partial charge in [-0.25, -0.2) is 0 Å². The zero-order valence-electron chi connectivity index (χ0n) is 11.9. The molecule has 0 aromatic heterocycles. The van der Waals surface area contributed by atoms with Crippen molar-refractivity contribution in [3.8, 4) is 0 Å². The van der Waals surface area contributed by atoms with Crippen LogP contribution in [0.15, 0.2) is 0 Å². The predicted octanol–water partition coefficient (Wildman–Crippen LogP) is 1.43. The van der Waals surface area contributed by atoms with Crippen LogP contribution in [0.4, 0.5) is 0 Å². The molecule has 0 radical (unpaired) electrons. The summed E-state index contributed by atoms with van der Waals surface area (Å²) in [5.74, 6) is 0.317. The molecule has 0 spiro atoms. The lowest BCUT2D eigenvalue weighted by molar-refractivity contribution is -0.139. The maximum atomic E-state index is 12.1. The second-order valence-electron chi connectivity index (χ2n) is 5.47. The Bertz CT molecular complexity index is 275. The Labute approximate surface area is 105 Å². The third kappa shape index (κ3) is 4.86. The van der Waals surface area contributed by atoms with Gasteiger partial charge in [0.15, 0.2) is 5.78 Å². The van der Waals surface area contributed by atoms with Crippen LogP contribution >= 0.6 is 0 Å². The molecule has 0 bridgehead atoms. The highest BCUT2D eigenvalue weighted by Crippen LogP contribution is 2.13. The Morgan fingerprint density at radius 1 is 1.18 bits per heavy atom. The van der Waals surface area contributed by atoms with Gasteiger partial charge in [-0.3, -0.25) is 9.59 Å². The van der Waals surface area contributed by atoms with Crippen molar-refractivity contribution >= 4 is 11.7 Å². The van der Waals surface area contributed by atoms with E-state index < -0.39 is 6.04 Å². The highest BCUT2D eigenvalue weighted by molar-refractivity contribution is 5.89. The van der Waals surface area contributed by atoms with Crippen molar-refractivity contribution in [3.63, 3.8) is 0 Å². The number of ketones is 1. The van der Waals surface area contributed by atoms with E-state index in [9.17, 15) is 9.59 Å². The van der Waals surface area contributed by atoms with Crippen LogP contribution < -0.4 is 5.73 Å². The Hall–Kier alpha value is -0.900. The average molecular weight is 242 g/mol. The molecule has 0 aliphatic rings. The SMILES string of the molecule is CC(=O)[C@H](CC(C)C)N(C)C(=O)[C@@H](N)C(C)C. The van der Waals surface area contributed by atoms with E-state index in [-0.39, 0.29) is 23.7 Å². The Kier molecular flexibility index (Phi) is 6.39. The zero-order chi connectivity index (χ0) is 13.7. The lowest BCUT2D eigenvalue weighted by atomic mass is 9.97. The molecule has 0 saturated heterocycles. The zero-order valence-corrected chi connectivity index (χ0v) is 11.9. The number of nitrogens with zero attached hydrogens (tertiary/aromatic N) is 1. The fourth-order valence-electron chi connectivity index (χ4n) is 1.72. The van der Waals surface area contributed by atoms with E-state index >= 15 is 0 Å². The molecule has 0 rings (SSSR count). The van der Waals surface area contributed by atoms with Gasteiger partial charge in [-0.05, 0) is 25.2 Å².